The lowest BCUT2D eigenvalue weighted by Gasteiger charge is -2.22. The average molecular weight is 398 g/mol. The summed E-state index contributed by atoms with van der Waals surface area (Å²) in [6, 6.07) is 4.38. The van der Waals surface area contributed by atoms with Crippen LogP contribution in [0.1, 0.15) is 28.8 Å². The third kappa shape index (κ3) is 3.71. The molecule has 28 heavy (non-hydrogen) atoms. The number of rotatable bonds is 3. The topological polar surface area (TPSA) is 64.3 Å². The number of fused-ring (bicyclic) bond motifs is 1. The fourth-order valence-electron chi connectivity index (χ4n) is 3.89. The van der Waals surface area contributed by atoms with Crippen molar-refractivity contribution >= 4 is 33.4 Å². The van der Waals surface area contributed by atoms with Crippen LogP contribution >= 0.6 is 11.3 Å². The lowest BCUT2D eigenvalue weighted by atomic mass is 10.0. The summed E-state index contributed by atoms with van der Waals surface area (Å²) in [7, 11) is 0. The summed E-state index contributed by atoms with van der Waals surface area (Å²) in [4.78, 5) is 24.9. The molecule has 3 heterocycles. The molecule has 0 spiro atoms. The molecular weight excluding hydrogens is 370 g/mol. The zero-order valence-corrected chi connectivity index (χ0v) is 17.5. The number of aromatic nitrogens is 2. The van der Waals surface area contributed by atoms with Crippen molar-refractivity contribution in [2.24, 2.45) is 0 Å². The summed E-state index contributed by atoms with van der Waals surface area (Å²) in [5, 5.41) is 7.42. The smallest absolute Gasteiger partial charge is 0.317 e. The van der Waals surface area contributed by atoms with Gasteiger partial charge in [-0.2, -0.15) is 0 Å². The van der Waals surface area contributed by atoms with E-state index in [0.717, 1.165) is 48.8 Å². The Morgan fingerprint density at radius 3 is 2.86 bits per heavy atom. The second-order valence-electron chi connectivity index (χ2n) is 7.52. The van der Waals surface area contributed by atoms with E-state index in [1.807, 2.05) is 16.5 Å². The molecule has 1 fully saturated rings. The van der Waals surface area contributed by atoms with Gasteiger partial charge in [0.05, 0.1) is 5.52 Å². The van der Waals surface area contributed by atoms with Crippen LogP contribution in [0.4, 0.5) is 9.93 Å². The Labute approximate surface area is 169 Å². The number of thiazole rings is 1. The standard InChI is InChI=1S/C21H27N5OS/c1-14-11-17(19-18(12-14)15(2)16(3)24-19)13-23-20(27)25-6-4-7-26(9-8-25)21-22-5-10-28-21/h5,10-12,24H,4,6-9,13H2,1-3H3,(H,23,27). The van der Waals surface area contributed by atoms with Gasteiger partial charge in [-0.1, -0.05) is 11.6 Å². The number of amides is 2. The number of H-pyrrole nitrogens is 1. The monoisotopic (exact) mass is 397 g/mol. The maximum atomic E-state index is 12.8. The molecule has 7 heteroatoms. The number of aryl methyl sites for hydroxylation is 3. The van der Waals surface area contributed by atoms with Crippen molar-refractivity contribution in [1.29, 1.82) is 0 Å². The first-order chi connectivity index (χ1) is 13.5. The molecule has 0 radical (unpaired) electrons. The highest BCUT2D eigenvalue weighted by Gasteiger charge is 2.20. The molecule has 0 atom stereocenters. The van der Waals surface area contributed by atoms with Crippen molar-refractivity contribution < 1.29 is 4.79 Å². The van der Waals surface area contributed by atoms with E-state index in [2.05, 4.69) is 53.1 Å². The van der Waals surface area contributed by atoms with Crippen LogP contribution in [0, 0.1) is 20.8 Å². The Kier molecular flexibility index (Phi) is 5.26. The second-order valence-corrected chi connectivity index (χ2v) is 8.40. The van der Waals surface area contributed by atoms with Gasteiger partial charge in [-0.05, 0) is 44.4 Å². The fourth-order valence-corrected chi connectivity index (χ4v) is 4.59. The maximum Gasteiger partial charge on any atom is 0.317 e. The Morgan fingerprint density at radius 1 is 1.21 bits per heavy atom. The molecule has 0 saturated carbocycles. The number of benzene rings is 1. The number of urea groups is 1. The summed E-state index contributed by atoms with van der Waals surface area (Å²) < 4.78 is 0. The number of aromatic amines is 1. The average Bonchev–Trinajstić information content (AvgIpc) is 3.22. The minimum absolute atomic E-state index is 0.00986. The van der Waals surface area contributed by atoms with Crippen LogP contribution in [0.25, 0.3) is 10.9 Å². The van der Waals surface area contributed by atoms with E-state index in [1.54, 1.807) is 11.3 Å². The highest BCUT2D eigenvalue weighted by molar-refractivity contribution is 7.13. The highest BCUT2D eigenvalue weighted by Crippen LogP contribution is 2.26. The summed E-state index contributed by atoms with van der Waals surface area (Å²) in [6.45, 7) is 10.1. The van der Waals surface area contributed by atoms with E-state index in [-0.39, 0.29) is 6.03 Å². The van der Waals surface area contributed by atoms with Crippen LogP contribution in [-0.2, 0) is 6.54 Å². The number of anilines is 1. The number of hydrogen-bond donors (Lipinski definition) is 2. The molecule has 2 aromatic heterocycles. The number of carbonyl (C=O) groups is 1. The number of hydrogen-bond acceptors (Lipinski definition) is 4. The first-order valence-electron chi connectivity index (χ1n) is 9.78. The second kappa shape index (κ2) is 7.83. The molecule has 4 rings (SSSR count). The third-order valence-corrected chi connectivity index (χ3v) is 6.38. The minimum atomic E-state index is 0.00986. The Bertz CT molecular complexity index is 979. The van der Waals surface area contributed by atoms with Crippen molar-refractivity contribution in [3.05, 3.63) is 46.1 Å². The Hall–Kier alpha value is -2.54. The number of nitrogens with zero attached hydrogens (tertiary/aromatic N) is 3. The van der Waals surface area contributed by atoms with Gasteiger partial charge in [0.25, 0.3) is 0 Å². The van der Waals surface area contributed by atoms with E-state index in [1.165, 1.54) is 22.2 Å². The van der Waals surface area contributed by atoms with Crippen LogP contribution in [-0.4, -0.2) is 47.1 Å². The molecule has 2 amide bonds. The van der Waals surface area contributed by atoms with E-state index in [4.69, 9.17) is 0 Å². The van der Waals surface area contributed by atoms with Crippen molar-refractivity contribution in [2.45, 2.75) is 33.7 Å². The molecule has 1 aliphatic heterocycles. The van der Waals surface area contributed by atoms with E-state index in [0.29, 0.717) is 6.54 Å². The van der Waals surface area contributed by atoms with Gasteiger partial charge in [0.2, 0.25) is 0 Å². The van der Waals surface area contributed by atoms with Gasteiger partial charge >= 0.3 is 6.03 Å². The van der Waals surface area contributed by atoms with Crippen molar-refractivity contribution in [3.8, 4) is 0 Å². The van der Waals surface area contributed by atoms with Crippen LogP contribution in [0.3, 0.4) is 0 Å². The molecular formula is C21H27N5OS. The highest BCUT2D eigenvalue weighted by atomic mass is 32.1. The van der Waals surface area contributed by atoms with Gasteiger partial charge in [0.1, 0.15) is 0 Å². The van der Waals surface area contributed by atoms with Crippen molar-refractivity contribution in [2.75, 3.05) is 31.1 Å². The van der Waals surface area contributed by atoms with E-state index in [9.17, 15) is 4.79 Å². The normalized spacial score (nSPS) is 15.1. The maximum absolute atomic E-state index is 12.8. The summed E-state index contributed by atoms with van der Waals surface area (Å²) in [6.07, 6.45) is 2.79. The molecule has 2 N–H and O–H groups in total. The van der Waals surface area contributed by atoms with Crippen LogP contribution in [0.15, 0.2) is 23.7 Å². The van der Waals surface area contributed by atoms with E-state index >= 15 is 0 Å². The first kappa shape index (κ1) is 18.8. The molecule has 0 aliphatic carbocycles. The zero-order chi connectivity index (χ0) is 19.7. The Balaban J connectivity index is 1.42. The molecule has 148 valence electrons. The predicted molar refractivity (Wildman–Crippen MR) is 115 cm³/mol. The van der Waals surface area contributed by atoms with Gasteiger partial charge in [-0.15, -0.1) is 11.3 Å². The molecule has 1 aromatic carbocycles. The van der Waals surface area contributed by atoms with Crippen molar-refractivity contribution in [3.63, 3.8) is 0 Å². The fraction of sp³-hybridized carbons (Fsp3) is 0.429. The van der Waals surface area contributed by atoms with E-state index < -0.39 is 0 Å². The number of carbonyl (C=O) groups excluding carboxylic acids is 1. The quantitative estimate of drug-likeness (QED) is 0.703. The molecule has 1 saturated heterocycles. The minimum Gasteiger partial charge on any atom is -0.358 e. The summed E-state index contributed by atoms with van der Waals surface area (Å²) in [5.74, 6) is 0. The molecule has 0 unspecified atom stereocenters. The summed E-state index contributed by atoms with van der Waals surface area (Å²) >= 11 is 1.65. The van der Waals surface area contributed by atoms with Crippen LogP contribution < -0.4 is 10.2 Å². The molecule has 6 nitrogen and oxygen atoms in total. The zero-order valence-electron chi connectivity index (χ0n) is 16.7. The lowest BCUT2D eigenvalue weighted by Crippen LogP contribution is -2.41. The van der Waals surface area contributed by atoms with Gasteiger partial charge in [0.15, 0.2) is 5.13 Å². The van der Waals surface area contributed by atoms with Crippen LogP contribution in [0.2, 0.25) is 0 Å². The number of nitrogens with one attached hydrogen (secondary N) is 2. The summed E-state index contributed by atoms with van der Waals surface area (Å²) in [5.41, 5.74) is 5.95. The predicted octanol–water partition coefficient (Wildman–Crippen LogP) is 3.97. The van der Waals surface area contributed by atoms with Gasteiger partial charge in [-0.3, -0.25) is 0 Å². The Morgan fingerprint density at radius 2 is 2.07 bits per heavy atom. The molecule has 1 aliphatic rings. The van der Waals surface area contributed by atoms with Gasteiger partial charge < -0.3 is 20.1 Å². The van der Waals surface area contributed by atoms with Crippen molar-refractivity contribution in [1.82, 2.24) is 20.2 Å². The SMILES string of the molecule is Cc1cc(CNC(=O)N2CCCN(c3nccs3)CC2)c2[nH]c(C)c(C)c2c1. The third-order valence-electron chi connectivity index (χ3n) is 5.55. The van der Waals surface area contributed by atoms with Crippen LogP contribution in [0.5, 0.6) is 0 Å². The lowest BCUT2D eigenvalue weighted by molar-refractivity contribution is 0.201. The molecule has 3 aromatic rings. The van der Waals surface area contributed by atoms with Gasteiger partial charge in [-0.25, -0.2) is 9.78 Å². The first-order valence-corrected chi connectivity index (χ1v) is 10.7. The van der Waals surface area contributed by atoms with Gasteiger partial charge in [0, 0.05) is 55.4 Å². The molecule has 0 bridgehead atoms. The largest absolute Gasteiger partial charge is 0.358 e.